The van der Waals surface area contributed by atoms with Crippen molar-refractivity contribution in [2.24, 2.45) is 5.92 Å². The summed E-state index contributed by atoms with van der Waals surface area (Å²) in [6, 6.07) is 10.2. The molecule has 1 amide bonds. The number of rotatable bonds is 5. The van der Waals surface area contributed by atoms with Crippen LogP contribution in [0.1, 0.15) is 23.7 Å². The third-order valence-corrected chi connectivity index (χ3v) is 3.79. The molecule has 0 aliphatic heterocycles. The normalized spacial score (nSPS) is 20.6. The molecule has 20 heavy (non-hydrogen) atoms. The van der Waals surface area contributed by atoms with Crippen molar-refractivity contribution in [1.29, 1.82) is 0 Å². The molecule has 3 rings (SSSR count). The zero-order chi connectivity index (χ0) is 13.9. The summed E-state index contributed by atoms with van der Waals surface area (Å²) in [5.74, 6) is 1.37. The molecule has 1 aromatic heterocycles. The molecular weight excluding hydrogens is 254 g/mol. The quantitative estimate of drug-likeness (QED) is 0.833. The van der Waals surface area contributed by atoms with Crippen LogP contribution in [0.5, 0.6) is 0 Å². The fraction of sp³-hybridized carbons (Fsp3) is 0.400. The van der Waals surface area contributed by atoms with Gasteiger partial charge in [-0.2, -0.15) is 4.98 Å². The van der Waals surface area contributed by atoms with Crippen LogP contribution in [-0.2, 0) is 11.2 Å². The lowest BCUT2D eigenvalue weighted by Gasteiger charge is -2.16. The fourth-order valence-electron chi connectivity index (χ4n) is 2.50. The first-order chi connectivity index (χ1) is 9.75. The second-order valence-electron chi connectivity index (χ2n) is 5.22. The number of hydrogen-bond donors (Lipinski definition) is 0. The number of nitrogens with zero attached hydrogens (tertiary/aromatic N) is 3. The van der Waals surface area contributed by atoms with E-state index in [1.54, 1.807) is 4.90 Å². The van der Waals surface area contributed by atoms with E-state index in [0.29, 0.717) is 24.7 Å². The van der Waals surface area contributed by atoms with E-state index in [1.807, 2.05) is 25.2 Å². The largest absolute Gasteiger partial charge is 0.345 e. The number of likely N-dealkylation sites (N-methyl/N-ethyl adjacent to an activating group) is 1. The summed E-state index contributed by atoms with van der Waals surface area (Å²) >= 11 is 0. The minimum atomic E-state index is 0.132. The minimum Gasteiger partial charge on any atom is -0.345 e. The van der Waals surface area contributed by atoms with Gasteiger partial charge in [-0.05, 0) is 17.9 Å². The monoisotopic (exact) mass is 271 g/mol. The highest BCUT2D eigenvalue weighted by atomic mass is 16.5. The van der Waals surface area contributed by atoms with Gasteiger partial charge in [0, 0.05) is 25.9 Å². The Hall–Kier alpha value is -2.17. The third-order valence-electron chi connectivity index (χ3n) is 3.79. The van der Waals surface area contributed by atoms with Gasteiger partial charge in [-0.3, -0.25) is 4.79 Å². The molecule has 1 saturated carbocycles. The first kappa shape index (κ1) is 12.8. The summed E-state index contributed by atoms with van der Waals surface area (Å²) in [5, 5.41) is 3.75. The van der Waals surface area contributed by atoms with Crippen LogP contribution in [0.3, 0.4) is 0 Å². The van der Waals surface area contributed by atoms with Crippen LogP contribution in [0.2, 0.25) is 0 Å². The molecule has 1 heterocycles. The molecule has 5 heteroatoms. The van der Waals surface area contributed by atoms with E-state index in [9.17, 15) is 4.79 Å². The molecule has 0 N–H and O–H groups in total. The number of amides is 1. The Labute approximate surface area is 117 Å². The molecule has 1 fully saturated rings. The zero-order valence-electron chi connectivity index (χ0n) is 11.4. The molecule has 0 unspecified atom stereocenters. The number of carbonyl (C=O) groups is 1. The summed E-state index contributed by atoms with van der Waals surface area (Å²) in [6.45, 7) is 0.621. The molecule has 2 atom stereocenters. The maximum Gasteiger partial charge on any atom is 0.226 e. The summed E-state index contributed by atoms with van der Waals surface area (Å²) in [4.78, 5) is 18.0. The first-order valence-corrected chi connectivity index (χ1v) is 6.81. The Morgan fingerprint density at radius 3 is 2.90 bits per heavy atom. The molecule has 0 radical (unpaired) electrons. The number of hydrogen-bond acceptors (Lipinski definition) is 4. The van der Waals surface area contributed by atoms with Crippen molar-refractivity contribution >= 4 is 5.91 Å². The van der Waals surface area contributed by atoms with Crippen LogP contribution in [0.15, 0.2) is 41.2 Å². The summed E-state index contributed by atoms with van der Waals surface area (Å²) in [7, 11) is 1.84. The smallest absolute Gasteiger partial charge is 0.226 e. The van der Waals surface area contributed by atoms with Crippen molar-refractivity contribution in [3.8, 4) is 0 Å². The standard InChI is InChI=1S/C15H17N3O2/c1-18(8-7-14-16-10-20-17-14)15(19)13-9-12(13)11-5-3-2-4-6-11/h2-6,10,12-13H,7-9H2,1H3/t12-,13+/m1/s1. The lowest BCUT2D eigenvalue weighted by molar-refractivity contribution is -0.131. The second kappa shape index (κ2) is 5.45. The van der Waals surface area contributed by atoms with Crippen molar-refractivity contribution in [3.05, 3.63) is 48.1 Å². The summed E-state index contributed by atoms with van der Waals surface area (Å²) < 4.78 is 4.68. The molecular formula is C15H17N3O2. The van der Waals surface area contributed by atoms with Gasteiger partial charge in [0.05, 0.1) is 0 Å². The summed E-state index contributed by atoms with van der Waals surface area (Å²) in [6.07, 6.45) is 2.89. The molecule has 0 saturated heterocycles. The van der Waals surface area contributed by atoms with Gasteiger partial charge in [-0.1, -0.05) is 35.5 Å². The second-order valence-corrected chi connectivity index (χ2v) is 5.22. The number of benzene rings is 1. The predicted molar refractivity (Wildman–Crippen MR) is 72.9 cm³/mol. The van der Waals surface area contributed by atoms with E-state index in [4.69, 9.17) is 0 Å². The Morgan fingerprint density at radius 2 is 2.20 bits per heavy atom. The van der Waals surface area contributed by atoms with Gasteiger partial charge in [0.2, 0.25) is 12.3 Å². The Morgan fingerprint density at radius 1 is 1.40 bits per heavy atom. The first-order valence-electron chi connectivity index (χ1n) is 6.81. The maximum absolute atomic E-state index is 12.3. The molecule has 2 aromatic rings. The lowest BCUT2D eigenvalue weighted by atomic mass is 10.1. The highest BCUT2D eigenvalue weighted by Gasteiger charge is 2.44. The fourth-order valence-corrected chi connectivity index (χ4v) is 2.50. The van der Waals surface area contributed by atoms with E-state index >= 15 is 0 Å². The SMILES string of the molecule is CN(CCc1ncon1)C(=O)[C@H]1C[C@@H]1c1ccccc1. The van der Waals surface area contributed by atoms with Crippen molar-refractivity contribution in [3.63, 3.8) is 0 Å². The van der Waals surface area contributed by atoms with Crippen LogP contribution in [0, 0.1) is 5.92 Å². The Bertz CT molecular complexity index is 568. The molecule has 5 nitrogen and oxygen atoms in total. The van der Waals surface area contributed by atoms with Crippen molar-refractivity contribution in [1.82, 2.24) is 15.0 Å². The van der Waals surface area contributed by atoms with Gasteiger partial charge in [0.15, 0.2) is 5.82 Å². The highest BCUT2D eigenvalue weighted by Crippen LogP contribution is 2.48. The average Bonchev–Trinajstić information content (AvgIpc) is 3.12. The van der Waals surface area contributed by atoms with Crippen LogP contribution < -0.4 is 0 Å². The van der Waals surface area contributed by atoms with E-state index in [-0.39, 0.29) is 11.8 Å². The molecule has 1 aromatic carbocycles. The van der Waals surface area contributed by atoms with Crippen LogP contribution in [-0.4, -0.2) is 34.5 Å². The zero-order valence-corrected chi connectivity index (χ0v) is 11.4. The van der Waals surface area contributed by atoms with E-state index < -0.39 is 0 Å². The van der Waals surface area contributed by atoms with Crippen molar-refractivity contribution < 1.29 is 9.32 Å². The van der Waals surface area contributed by atoms with Crippen molar-refractivity contribution in [2.45, 2.75) is 18.8 Å². The summed E-state index contributed by atoms with van der Waals surface area (Å²) in [5.41, 5.74) is 1.26. The molecule has 1 aliphatic carbocycles. The van der Waals surface area contributed by atoms with E-state index in [0.717, 1.165) is 6.42 Å². The highest BCUT2D eigenvalue weighted by molar-refractivity contribution is 5.82. The van der Waals surface area contributed by atoms with Crippen LogP contribution in [0.4, 0.5) is 0 Å². The molecule has 104 valence electrons. The number of carbonyl (C=O) groups excluding carboxylic acids is 1. The van der Waals surface area contributed by atoms with Crippen LogP contribution in [0.25, 0.3) is 0 Å². The molecule has 0 spiro atoms. The Kier molecular flexibility index (Phi) is 3.50. The van der Waals surface area contributed by atoms with Gasteiger partial charge in [-0.25, -0.2) is 0 Å². The van der Waals surface area contributed by atoms with Gasteiger partial charge >= 0.3 is 0 Å². The van der Waals surface area contributed by atoms with Gasteiger partial charge < -0.3 is 9.42 Å². The van der Waals surface area contributed by atoms with Crippen molar-refractivity contribution in [2.75, 3.05) is 13.6 Å². The maximum atomic E-state index is 12.3. The topological polar surface area (TPSA) is 59.2 Å². The van der Waals surface area contributed by atoms with Gasteiger partial charge in [-0.15, -0.1) is 0 Å². The molecule has 1 aliphatic rings. The number of aromatic nitrogens is 2. The predicted octanol–water partition coefficient (Wildman–Crippen LogP) is 1.87. The van der Waals surface area contributed by atoms with Gasteiger partial charge in [0.1, 0.15) is 0 Å². The minimum absolute atomic E-state index is 0.132. The lowest BCUT2D eigenvalue weighted by Crippen LogP contribution is -2.30. The van der Waals surface area contributed by atoms with E-state index in [2.05, 4.69) is 26.8 Å². The Balaban J connectivity index is 1.52. The molecule has 0 bridgehead atoms. The third kappa shape index (κ3) is 2.71. The van der Waals surface area contributed by atoms with E-state index in [1.165, 1.54) is 12.0 Å². The van der Waals surface area contributed by atoms with Gasteiger partial charge in [0.25, 0.3) is 0 Å². The average molecular weight is 271 g/mol. The van der Waals surface area contributed by atoms with Crippen LogP contribution >= 0.6 is 0 Å².